The number of amides is 1. The largest absolute Gasteiger partial charge is 0.465 e. The first kappa shape index (κ1) is 17.6. The van der Waals surface area contributed by atoms with Crippen LogP contribution in [0.15, 0.2) is 40.8 Å². The predicted molar refractivity (Wildman–Crippen MR) is 94.0 cm³/mol. The Morgan fingerprint density at radius 3 is 2.44 bits per heavy atom. The third-order valence-corrected chi connectivity index (χ3v) is 4.63. The highest BCUT2D eigenvalue weighted by molar-refractivity contribution is 5.94. The van der Waals surface area contributed by atoms with Gasteiger partial charge < -0.3 is 14.6 Å². The Morgan fingerprint density at radius 1 is 1.16 bits per heavy atom. The van der Waals surface area contributed by atoms with Crippen molar-refractivity contribution in [3.63, 3.8) is 0 Å². The zero-order chi connectivity index (χ0) is 17.8. The molecule has 1 fully saturated rings. The van der Waals surface area contributed by atoms with Crippen LogP contribution in [0.1, 0.15) is 27.9 Å². The average molecular weight is 345 g/mol. The van der Waals surface area contributed by atoms with Crippen molar-refractivity contribution in [2.24, 2.45) is 0 Å². The van der Waals surface area contributed by atoms with Crippen LogP contribution in [0.3, 0.4) is 0 Å². The number of rotatable bonds is 5. The smallest absolute Gasteiger partial charge is 0.251 e. The molecule has 1 aromatic heterocycles. The van der Waals surface area contributed by atoms with E-state index in [0.29, 0.717) is 12.1 Å². The van der Waals surface area contributed by atoms with Gasteiger partial charge in [-0.15, -0.1) is 0 Å². The summed E-state index contributed by atoms with van der Waals surface area (Å²) < 4.78 is 18.8. The molecule has 1 aliphatic rings. The molecule has 6 heteroatoms. The summed E-state index contributed by atoms with van der Waals surface area (Å²) in [7, 11) is 2.11. The summed E-state index contributed by atoms with van der Waals surface area (Å²) in [6.07, 6.45) is 0. The molecule has 0 aliphatic carbocycles. The molecule has 0 bridgehead atoms. The van der Waals surface area contributed by atoms with Gasteiger partial charge in [0.15, 0.2) is 0 Å². The van der Waals surface area contributed by atoms with E-state index in [1.165, 1.54) is 24.3 Å². The van der Waals surface area contributed by atoms with Gasteiger partial charge in [-0.2, -0.15) is 0 Å². The molecule has 3 rings (SSSR count). The number of nitrogens with one attached hydrogen (secondary N) is 1. The molecule has 2 heterocycles. The second kappa shape index (κ2) is 7.80. The quantitative estimate of drug-likeness (QED) is 0.904. The van der Waals surface area contributed by atoms with Crippen LogP contribution in [0.4, 0.5) is 4.39 Å². The van der Waals surface area contributed by atoms with E-state index >= 15 is 0 Å². The number of furan rings is 1. The van der Waals surface area contributed by atoms with Crippen LogP contribution in [0.25, 0.3) is 0 Å². The fourth-order valence-electron chi connectivity index (χ4n) is 3.07. The standard InChI is InChI=1S/C19H24FN3O2/c1-14-3-8-18(25-14)17(23-11-9-22(2)10-12-23)13-21-19(24)15-4-6-16(20)7-5-15/h3-8,17H,9-13H2,1-2H3,(H,21,24)/t17-/m1/s1. The first-order valence-corrected chi connectivity index (χ1v) is 8.55. The fraction of sp³-hybridized carbons (Fsp3) is 0.421. The number of nitrogens with zero attached hydrogens (tertiary/aromatic N) is 2. The van der Waals surface area contributed by atoms with E-state index < -0.39 is 0 Å². The monoisotopic (exact) mass is 345 g/mol. The van der Waals surface area contributed by atoms with Crippen LogP contribution in [0, 0.1) is 12.7 Å². The summed E-state index contributed by atoms with van der Waals surface area (Å²) in [4.78, 5) is 17.0. The molecule has 1 N–H and O–H groups in total. The van der Waals surface area contributed by atoms with Crippen LogP contribution < -0.4 is 5.32 Å². The van der Waals surface area contributed by atoms with Crippen LogP contribution in [0.2, 0.25) is 0 Å². The summed E-state index contributed by atoms with van der Waals surface area (Å²) >= 11 is 0. The van der Waals surface area contributed by atoms with Gasteiger partial charge in [-0.3, -0.25) is 9.69 Å². The molecule has 25 heavy (non-hydrogen) atoms. The number of hydrogen-bond acceptors (Lipinski definition) is 4. The third kappa shape index (κ3) is 4.46. The summed E-state index contributed by atoms with van der Waals surface area (Å²) in [5.74, 6) is 1.17. The number of hydrogen-bond donors (Lipinski definition) is 1. The minimum Gasteiger partial charge on any atom is -0.465 e. The zero-order valence-electron chi connectivity index (χ0n) is 14.7. The lowest BCUT2D eigenvalue weighted by Gasteiger charge is -2.37. The number of aryl methyl sites for hydroxylation is 1. The van der Waals surface area contributed by atoms with Crippen molar-refractivity contribution in [3.05, 3.63) is 59.3 Å². The Balaban J connectivity index is 1.69. The van der Waals surface area contributed by atoms with Crippen molar-refractivity contribution in [1.82, 2.24) is 15.1 Å². The lowest BCUT2D eigenvalue weighted by atomic mass is 10.1. The summed E-state index contributed by atoms with van der Waals surface area (Å²) in [6.45, 7) is 6.19. The van der Waals surface area contributed by atoms with Crippen molar-refractivity contribution in [2.45, 2.75) is 13.0 Å². The zero-order valence-corrected chi connectivity index (χ0v) is 14.7. The molecule has 5 nitrogen and oxygen atoms in total. The number of piperazine rings is 1. The van der Waals surface area contributed by atoms with Gasteiger partial charge in [-0.1, -0.05) is 0 Å². The lowest BCUT2D eigenvalue weighted by molar-refractivity contribution is 0.0849. The first-order valence-electron chi connectivity index (χ1n) is 8.55. The van der Waals surface area contributed by atoms with Crippen molar-refractivity contribution in [3.8, 4) is 0 Å². The van der Waals surface area contributed by atoms with Gasteiger partial charge in [0.2, 0.25) is 0 Å². The second-order valence-corrected chi connectivity index (χ2v) is 6.52. The van der Waals surface area contributed by atoms with Crippen molar-refractivity contribution in [1.29, 1.82) is 0 Å². The van der Waals surface area contributed by atoms with Gasteiger partial charge in [0.1, 0.15) is 17.3 Å². The summed E-state index contributed by atoms with van der Waals surface area (Å²) in [6, 6.07) is 9.49. The van der Waals surface area contributed by atoms with Gasteiger partial charge >= 0.3 is 0 Å². The normalized spacial score (nSPS) is 17.4. The molecule has 1 saturated heterocycles. The lowest BCUT2D eigenvalue weighted by Crippen LogP contribution is -2.48. The van der Waals surface area contributed by atoms with E-state index in [1.807, 2.05) is 19.1 Å². The SMILES string of the molecule is Cc1ccc([C@@H](CNC(=O)c2ccc(F)cc2)N2CCN(C)CC2)o1. The van der Waals surface area contributed by atoms with Crippen molar-refractivity contribution >= 4 is 5.91 Å². The van der Waals surface area contributed by atoms with Crippen molar-refractivity contribution in [2.75, 3.05) is 39.8 Å². The molecule has 0 unspecified atom stereocenters. The second-order valence-electron chi connectivity index (χ2n) is 6.52. The molecule has 0 radical (unpaired) electrons. The Labute approximate surface area is 147 Å². The molecule has 1 aromatic carbocycles. The van der Waals surface area contributed by atoms with Gasteiger partial charge in [-0.05, 0) is 50.4 Å². The Kier molecular flexibility index (Phi) is 5.50. The number of halogens is 1. The van der Waals surface area contributed by atoms with Crippen LogP contribution >= 0.6 is 0 Å². The molecule has 1 aliphatic heterocycles. The maximum atomic E-state index is 13.0. The molecule has 134 valence electrons. The van der Waals surface area contributed by atoms with Gasteiger partial charge in [-0.25, -0.2) is 4.39 Å². The maximum Gasteiger partial charge on any atom is 0.251 e. The van der Waals surface area contributed by atoms with E-state index in [9.17, 15) is 9.18 Å². The number of benzene rings is 1. The summed E-state index contributed by atoms with van der Waals surface area (Å²) in [5, 5.41) is 2.96. The highest BCUT2D eigenvalue weighted by Gasteiger charge is 2.26. The van der Waals surface area contributed by atoms with Crippen LogP contribution in [0.5, 0.6) is 0 Å². The topological polar surface area (TPSA) is 48.7 Å². The number of likely N-dealkylation sites (N-methyl/N-ethyl adjacent to an activating group) is 1. The van der Waals surface area contributed by atoms with Crippen molar-refractivity contribution < 1.29 is 13.6 Å². The molecular formula is C19H24FN3O2. The van der Waals surface area contributed by atoms with Gasteiger partial charge in [0.25, 0.3) is 5.91 Å². The minimum atomic E-state index is -0.349. The molecule has 0 saturated carbocycles. The van der Waals surface area contributed by atoms with Gasteiger partial charge in [0, 0.05) is 38.3 Å². The minimum absolute atomic E-state index is 0.00759. The Hall–Kier alpha value is -2.18. The predicted octanol–water partition coefficient (Wildman–Crippen LogP) is 2.45. The van der Waals surface area contributed by atoms with Gasteiger partial charge in [0.05, 0.1) is 6.04 Å². The van der Waals surface area contributed by atoms with E-state index in [1.54, 1.807) is 0 Å². The Bertz CT molecular complexity index is 706. The van der Waals surface area contributed by atoms with Crippen LogP contribution in [-0.4, -0.2) is 55.5 Å². The van der Waals surface area contributed by atoms with E-state index in [4.69, 9.17) is 4.42 Å². The highest BCUT2D eigenvalue weighted by atomic mass is 19.1. The van der Waals surface area contributed by atoms with Crippen LogP contribution in [-0.2, 0) is 0 Å². The molecule has 2 aromatic rings. The summed E-state index contributed by atoms with van der Waals surface area (Å²) in [5.41, 5.74) is 0.453. The molecule has 1 amide bonds. The molecular weight excluding hydrogens is 321 g/mol. The Morgan fingerprint density at radius 2 is 1.84 bits per heavy atom. The third-order valence-electron chi connectivity index (χ3n) is 4.63. The average Bonchev–Trinajstić information content (AvgIpc) is 3.03. The molecule has 1 atom stereocenters. The van der Waals surface area contributed by atoms with E-state index in [2.05, 4.69) is 22.2 Å². The first-order chi connectivity index (χ1) is 12.0. The number of carbonyl (C=O) groups excluding carboxylic acids is 1. The number of carbonyl (C=O) groups is 1. The molecule has 0 spiro atoms. The van der Waals surface area contributed by atoms with E-state index in [-0.39, 0.29) is 17.8 Å². The highest BCUT2D eigenvalue weighted by Crippen LogP contribution is 2.23. The maximum absolute atomic E-state index is 13.0. The van der Waals surface area contributed by atoms with E-state index in [0.717, 1.165) is 37.7 Å². The fourth-order valence-corrected chi connectivity index (χ4v) is 3.07.